The van der Waals surface area contributed by atoms with Crippen molar-refractivity contribution in [3.8, 4) is 5.75 Å². The van der Waals surface area contributed by atoms with Gasteiger partial charge in [-0.1, -0.05) is 15.9 Å². The molecular weight excluding hydrogens is 472 g/mol. The molecule has 0 bridgehead atoms. The lowest BCUT2D eigenvalue weighted by Gasteiger charge is -2.26. The normalized spacial score (nSPS) is 15.0. The highest BCUT2D eigenvalue weighted by Crippen LogP contribution is 2.20. The number of benzene rings is 2. The maximum atomic E-state index is 12.6. The Hall–Kier alpha value is -1.94. The lowest BCUT2D eigenvalue weighted by atomic mass is 10.1. The molecule has 2 aromatic rings. The number of ether oxygens (including phenoxy) is 2. The zero-order valence-electron chi connectivity index (χ0n) is 16.6. The minimum atomic E-state index is -3.73. The number of carbonyl (C=O) groups excluding carboxylic acids is 1. The van der Waals surface area contributed by atoms with Gasteiger partial charge >= 0.3 is 0 Å². The molecule has 0 spiro atoms. The summed E-state index contributed by atoms with van der Waals surface area (Å²) in [6, 6.07) is 12.7. The highest BCUT2D eigenvalue weighted by atomic mass is 79.9. The van der Waals surface area contributed by atoms with Gasteiger partial charge in [0, 0.05) is 30.9 Å². The van der Waals surface area contributed by atoms with Crippen molar-refractivity contribution in [1.82, 2.24) is 4.90 Å². The maximum absolute atomic E-state index is 12.6. The molecule has 0 aliphatic carbocycles. The van der Waals surface area contributed by atoms with Crippen LogP contribution in [-0.4, -0.2) is 63.9 Å². The predicted octanol–water partition coefficient (Wildman–Crippen LogP) is 3.17. The molecule has 1 heterocycles. The number of sulfonamides is 1. The largest absolute Gasteiger partial charge is 0.494 e. The molecule has 162 valence electrons. The number of hydrogen-bond donors (Lipinski definition) is 1. The Labute approximate surface area is 185 Å². The van der Waals surface area contributed by atoms with Crippen LogP contribution in [0.1, 0.15) is 16.8 Å². The number of ketones is 1. The number of morpholine rings is 1. The van der Waals surface area contributed by atoms with E-state index in [1.165, 1.54) is 12.1 Å². The second-order valence-corrected chi connectivity index (χ2v) is 9.11. The second-order valence-electron chi connectivity index (χ2n) is 6.87. The van der Waals surface area contributed by atoms with E-state index < -0.39 is 10.0 Å². The summed E-state index contributed by atoms with van der Waals surface area (Å²) >= 11 is 3.12. The van der Waals surface area contributed by atoms with E-state index in [0.717, 1.165) is 39.3 Å². The Morgan fingerprint density at radius 2 is 1.73 bits per heavy atom. The van der Waals surface area contributed by atoms with E-state index in [0.29, 0.717) is 23.6 Å². The van der Waals surface area contributed by atoms with Crippen LogP contribution in [0, 0.1) is 0 Å². The van der Waals surface area contributed by atoms with E-state index in [4.69, 9.17) is 9.47 Å². The Bertz CT molecular complexity index is 927. The molecule has 9 heteroatoms. The average Bonchev–Trinajstić information content (AvgIpc) is 2.77. The Morgan fingerprint density at radius 3 is 2.37 bits per heavy atom. The van der Waals surface area contributed by atoms with E-state index in [1.807, 2.05) is 0 Å². The van der Waals surface area contributed by atoms with Gasteiger partial charge in [-0.25, -0.2) is 8.42 Å². The molecule has 0 radical (unpaired) electrons. The van der Waals surface area contributed by atoms with Gasteiger partial charge in [0.2, 0.25) is 0 Å². The molecule has 0 amide bonds. The van der Waals surface area contributed by atoms with Crippen LogP contribution in [-0.2, 0) is 14.8 Å². The molecule has 2 aromatic carbocycles. The van der Waals surface area contributed by atoms with Crippen molar-refractivity contribution in [2.75, 3.05) is 49.5 Å². The van der Waals surface area contributed by atoms with Gasteiger partial charge in [0.25, 0.3) is 10.0 Å². The summed E-state index contributed by atoms with van der Waals surface area (Å²) in [6.45, 7) is 5.00. The van der Waals surface area contributed by atoms with Crippen molar-refractivity contribution in [3.63, 3.8) is 0 Å². The van der Waals surface area contributed by atoms with Gasteiger partial charge in [-0.2, -0.15) is 0 Å². The summed E-state index contributed by atoms with van der Waals surface area (Å²) in [5, 5.41) is 0.222. The van der Waals surface area contributed by atoms with Gasteiger partial charge in [0.15, 0.2) is 5.78 Å². The van der Waals surface area contributed by atoms with Crippen LogP contribution < -0.4 is 9.46 Å². The summed E-state index contributed by atoms with van der Waals surface area (Å²) in [4.78, 5) is 14.1. The fourth-order valence-corrected chi connectivity index (χ4v) is 4.42. The first-order valence-electron chi connectivity index (χ1n) is 9.73. The molecule has 1 N–H and O–H groups in total. The standard InChI is InChI=1S/C21H25BrN2O5S/c22-16-21(25)17-2-4-18(5-3-17)23-30(26,27)20-8-6-19(7-9-20)29-13-1-10-24-11-14-28-15-12-24/h2-9,23H,1,10-16H2. The molecule has 1 aliphatic heterocycles. The highest BCUT2D eigenvalue weighted by molar-refractivity contribution is 9.09. The molecule has 1 fully saturated rings. The first-order valence-corrected chi connectivity index (χ1v) is 12.3. The third-order valence-corrected chi connectivity index (χ3v) is 6.61. The van der Waals surface area contributed by atoms with E-state index >= 15 is 0 Å². The van der Waals surface area contributed by atoms with Crippen molar-refractivity contribution >= 4 is 37.4 Å². The number of hydrogen-bond acceptors (Lipinski definition) is 6. The molecule has 0 saturated carbocycles. The Morgan fingerprint density at radius 1 is 1.07 bits per heavy atom. The molecule has 7 nitrogen and oxygen atoms in total. The van der Waals surface area contributed by atoms with E-state index in [-0.39, 0.29) is 16.0 Å². The van der Waals surface area contributed by atoms with Crippen LogP contribution in [0.4, 0.5) is 5.69 Å². The number of rotatable bonds is 10. The van der Waals surface area contributed by atoms with Gasteiger partial charge in [0.05, 0.1) is 30.0 Å². The number of carbonyl (C=O) groups is 1. The fourth-order valence-electron chi connectivity index (χ4n) is 3.03. The van der Waals surface area contributed by atoms with Crippen LogP contribution in [0.5, 0.6) is 5.75 Å². The number of Topliss-reactive ketones (excluding diaryl/α,β-unsaturated/α-hetero) is 1. The van der Waals surface area contributed by atoms with Gasteiger partial charge in [-0.3, -0.25) is 14.4 Å². The van der Waals surface area contributed by atoms with Crippen LogP contribution in [0.25, 0.3) is 0 Å². The number of alkyl halides is 1. The Kier molecular flexibility index (Phi) is 8.26. The van der Waals surface area contributed by atoms with E-state index in [1.54, 1.807) is 36.4 Å². The summed E-state index contributed by atoms with van der Waals surface area (Å²) < 4.78 is 38.7. The minimum absolute atomic E-state index is 0.0649. The maximum Gasteiger partial charge on any atom is 0.261 e. The number of anilines is 1. The predicted molar refractivity (Wildman–Crippen MR) is 119 cm³/mol. The van der Waals surface area contributed by atoms with E-state index in [2.05, 4.69) is 25.6 Å². The van der Waals surface area contributed by atoms with Crippen LogP contribution in [0.2, 0.25) is 0 Å². The van der Waals surface area contributed by atoms with Crippen LogP contribution >= 0.6 is 15.9 Å². The highest BCUT2D eigenvalue weighted by Gasteiger charge is 2.15. The monoisotopic (exact) mass is 496 g/mol. The number of halogens is 1. The third-order valence-electron chi connectivity index (χ3n) is 4.71. The van der Waals surface area contributed by atoms with Gasteiger partial charge < -0.3 is 9.47 Å². The van der Waals surface area contributed by atoms with Crippen molar-refractivity contribution < 1.29 is 22.7 Å². The summed E-state index contributed by atoms with van der Waals surface area (Å²) in [6.07, 6.45) is 0.898. The Balaban J connectivity index is 1.50. The van der Waals surface area contributed by atoms with Gasteiger partial charge in [-0.15, -0.1) is 0 Å². The van der Waals surface area contributed by atoms with Gasteiger partial charge in [-0.05, 0) is 55.0 Å². The molecule has 3 rings (SSSR count). The minimum Gasteiger partial charge on any atom is -0.494 e. The topological polar surface area (TPSA) is 84.9 Å². The summed E-state index contributed by atoms with van der Waals surface area (Å²) in [7, 11) is -3.73. The van der Waals surface area contributed by atoms with Crippen molar-refractivity contribution in [2.24, 2.45) is 0 Å². The lowest BCUT2D eigenvalue weighted by molar-refractivity contribution is 0.0358. The van der Waals surface area contributed by atoms with Crippen molar-refractivity contribution in [3.05, 3.63) is 54.1 Å². The molecule has 0 aromatic heterocycles. The first-order chi connectivity index (χ1) is 14.5. The van der Waals surface area contributed by atoms with E-state index in [9.17, 15) is 13.2 Å². The SMILES string of the molecule is O=C(CBr)c1ccc(NS(=O)(=O)c2ccc(OCCCN3CCOCC3)cc2)cc1. The summed E-state index contributed by atoms with van der Waals surface area (Å²) in [5.41, 5.74) is 0.912. The van der Waals surface area contributed by atoms with Gasteiger partial charge in [0.1, 0.15) is 5.75 Å². The molecule has 0 unspecified atom stereocenters. The van der Waals surface area contributed by atoms with Crippen LogP contribution in [0.3, 0.4) is 0 Å². The zero-order valence-corrected chi connectivity index (χ0v) is 19.0. The molecule has 0 atom stereocenters. The zero-order chi connectivity index (χ0) is 21.4. The quantitative estimate of drug-likeness (QED) is 0.309. The average molecular weight is 497 g/mol. The second kappa shape index (κ2) is 10.9. The summed E-state index contributed by atoms with van der Waals surface area (Å²) in [5.74, 6) is 0.568. The number of nitrogens with zero attached hydrogens (tertiary/aromatic N) is 1. The smallest absolute Gasteiger partial charge is 0.261 e. The molecule has 1 aliphatic rings. The fraction of sp³-hybridized carbons (Fsp3) is 0.381. The third kappa shape index (κ3) is 6.53. The number of nitrogens with one attached hydrogen (secondary N) is 1. The molecule has 1 saturated heterocycles. The molecular formula is C21H25BrN2O5S. The van der Waals surface area contributed by atoms with Crippen molar-refractivity contribution in [2.45, 2.75) is 11.3 Å². The van der Waals surface area contributed by atoms with Crippen LogP contribution in [0.15, 0.2) is 53.4 Å². The lowest BCUT2D eigenvalue weighted by Crippen LogP contribution is -2.37. The van der Waals surface area contributed by atoms with Crippen molar-refractivity contribution in [1.29, 1.82) is 0 Å². The first kappa shape index (κ1) is 22.7. The molecule has 30 heavy (non-hydrogen) atoms.